The van der Waals surface area contributed by atoms with E-state index in [2.05, 4.69) is 53.4 Å². The first-order valence-corrected chi connectivity index (χ1v) is 8.22. The summed E-state index contributed by atoms with van der Waals surface area (Å²) in [6.07, 6.45) is 1.39. The molecule has 4 nitrogen and oxygen atoms in total. The molecule has 2 aromatic rings. The van der Waals surface area contributed by atoms with Crippen LogP contribution in [0.15, 0.2) is 48.5 Å². The minimum absolute atomic E-state index is 0.167. The molecular weight excluding hydrogens is 288 g/mol. The standard InChI is InChI=1S/C19H22N2O2/c20-15-11-23-12-18(19(15)22)21-16-7-3-1-5-13(16)9-10-14-6-2-4-8-17(14)21/h1-8,15,18-19,22H,9-12,20H2. The van der Waals surface area contributed by atoms with Gasteiger partial charge in [-0.05, 0) is 36.1 Å². The lowest BCUT2D eigenvalue weighted by Gasteiger charge is -2.42. The fourth-order valence-corrected chi connectivity index (χ4v) is 3.71. The van der Waals surface area contributed by atoms with Gasteiger partial charge in [-0.3, -0.25) is 0 Å². The number of benzene rings is 2. The zero-order valence-corrected chi connectivity index (χ0v) is 13.1. The molecule has 0 saturated carbocycles. The molecule has 0 amide bonds. The molecule has 2 aliphatic rings. The molecule has 0 bridgehead atoms. The van der Waals surface area contributed by atoms with Gasteiger partial charge in [-0.15, -0.1) is 0 Å². The van der Waals surface area contributed by atoms with E-state index in [0.29, 0.717) is 13.2 Å². The Morgan fingerprint density at radius 1 is 0.913 bits per heavy atom. The van der Waals surface area contributed by atoms with Crippen molar-refractivity contribution < 1.29 is 9.84 Å². The Morgan fingerprint density at radius 3 is 2.09 bits per heavy atom. The molecule has 4 rings (SSSR count). The van der Waals surface area contributed by atoms with Crippen molar-refractivity contribution in [1.82, 2.24) is 0 Å². The van der Waals surface area contributed by atoms with Crippen LogP contribution in [0.5, 0.6) is 0 Å². The van der Waals surface area contributed by atoms with Crippen molar-refractivity contribution in [3.63, 3.8) is 0 Å². The van der Waals surface area contributed by atoms with Gasteiger partial charge < -0.3 is 20.5 Å². The maximum Gasteiger partial charge on any atom is 0.0943 e. The first kappa shape index (κ1) is 14.7. The summed E-state index contributed by atoms with van der Waals surface area (Å²) < 4.78 is 5.66. The van der Waals surface area contributed by atoms with E-state index in [9.17, 15) is 5.11 Å². The Bertz CT molecular complexity index is 656. The van der Waals surface area contributed by atoms with Crippen molar-refractivity contribution in [3.05, 3.63) is 59.7 Å². The van der Waals surface area contributed by atoms with Gasteiger partial charge in [-0.2, -0.15) is 0 Å². The van der Waals surface area contributed by atoms with Gasteiger partial charge in [0.05, 0.1) is 31.4 Å². The summed E-state index contributed by atoms with van der Waals surface area (Å²) in [4.78, 5) is 2.24. The Balaban J connectivity index is 1.86. The van der Waals surface area contributed by atoms with Crippen LogP contribution in [-0.4, -0.2) is 36.5 Å². The van der Waals surface area contributed by atoms with Crippen LogP contribution < -0.4 is 10.6 Å². The lowest BCUT2D eigenvalue weighted by atomic mass is 9.98. The SMILES string of the molecule is NC1COCC(N2c3ccccc3CCc3ccccc32)C1O. The molecule has 23 heavy (non-hydrogen) atoms. The van der Waals surface area contributed by atoms with E-state index >= 15 is 0 Å². The van der Waals surface area contributed by atoms with E-state index in [1.807, 2.05) is 0 Å². The fraction of sp³-hybridized carbons (Fsp3) is 0.368. The van der Waals surface area contributed by atoms with Crippen LogP contribution in [0.3, 0.4) is 0 Å². The van der Waals surface area contributed by atoms with Crippen LogP contribution in [0.25, 0.3) is 0 Å². The van der Waals surface area contributed by atoms with Gasteiger partial charge in [-0.25, -0.2) is 0 Å². The van der Waals surface area contributed by atoms with Gasteiger partial charge in [-0.1, -0.05) is 36.4 Å². The Hall–Kier alpha value is -1.88. The molecule has 1 saturated heterocycles. The second kappa shape index (κ2) is 5.96. The number of fused-ring (bicyclic) bond motifs is 2. The van der Waals surface area contributed by atoms with Crippen LogP contribution >= 0.6 is 0 Å². The zero-order valence-electron chi connectivity index (χ0n) is 13.1. The van der Waals surface area contributed by atoms with Crippen LogP contribution in [0, 0.1) is 0 Å². The van der Waals surface area contributed by atoms with E-state index in [-0.39, 0.29) is 12.1 Å². The minimum atomic E-state index is -0.608. The number of anilines is 2. The monoisotopic (exact) mass is 310 g/mol. The van der Waals surface area contributed by atoms with Crippen LogP contribution in [0.2, 0.25) is 0 Å². The summed E-state index contributed by atoms with van der Waals surface area (Å²) in [7, 11) is 0. The molecule has 0 spiro atoms. The first-order valence-electron chi connectivity index (χ1n) is 8.22. The van der Waals surface area contributed by atoms with E-state index < -0.39 is 6.10 Å². The largest absolute Gasteiger partial charge is 0.389 e. The highest BCUT2D eigenvalue weighted by Crippen LogP contribution is 2.38. The highest BCUT2D eigenvalue weighted by molar-refractivity contribution is 5.72. The Kier molecular flexibility index (Phi) is 3.81. The average Bonchev–Trinajstić information content (AvgIpc) is 2.75. The topological polar surface area (TPSA) is 58.7 Å². The summed E-state index contributed by atoms with van der Waals surface area (Å²) in [5.41, 5.74) is 11.0. The third kappa shape index (κ3) is 2.53. The van der Waals surface area contributed by atoms with Crippen molar-refractivity contribution >= 4 is 11.4 Å². The molecule has 2 aromatic carbocycles. The molecule has 0 aromatic heterocycles. The van der Waals surface area contributed by atoms with Gasteiger partial charge >= 0.3 is 0 Å². The van der Waals surface area contributed by atoms with Gasteiger partial charge in [0.1, 0.15) is 0 Å². The lowest BCUT2D eigenvalue weighted by Crippen LogP contribution is -2.58. The van der Waals surface area contributed by atoms with Crippen LogP contribution in [0.1, 0.15) is 11.1 Å². The molecule has 3 N–H and O–H groups in total. The van der Waals surface area contributed by atoms with Gasteiger partial charge in [0, 0.05) is 11.4 Å². The van der Waals surface area contributed by atoms with Crippen molar-refractivity contribution in [2.75, 3.05) is 18.1 Å². The van der Waals surface area contributed by atoms with E-state index in [4.69, 9.17) is 10.5 Å². The number of aliphatic hydroxyl groups is 1. The van der Waals surface area contributed by atoms with Crippen molar-refractivity contribution in [3.8, 4) is 0 Å². The van der Waals surface area contributed by atoms with Crippen molar-refractivity contribution in [2.24, 2.45) is 5.73 Å². The number of hydrogen-bond acceptors (Lipinski definition) is 4. The quantitative estimate of drug-likeness (QED) is 0.846. The van der Waals surface area contributed by atoms with E-state index in [1.54, 1.807) is 0 Å². The smallest absolute Gasteiger partial charge is 0.0943 e. The highest BCUT2D eigenvalue weighted by atomic mass is 16.5. The van der Waals surface area contributed by atoms with Crippen LogP contribution in [-0.2, 0) is 17.6 Å². The van der Waals surface area contributed by atoms with Crippen LogP contribution in [0.4, 0.5) is 11.4 Å². The second-order valence-corrected chi connectivity index (χ2v) is 6.39. The number of nitrogens with two attached hydrogens (primary N) is 1. The summed E-state index contributed by atoms with van der Waals surface area (Å²) in [5, 5.41) is 10.7. The third-order valence-corrected chi connectivity index (χ3v) is 4.93. The van der Waals surface area contributed by atoms with E-state index in [0.717, 1.165) is 24.2 Å². The predicted molar refractivity (Wildman–Crippen MR) is 91.0 cm³/mol. The molecule has 2 aliphatic heterocycles. The predicted octanol–water partition coefficient (Wildman–Crippen LogP) is 2.01. The minimum Gasteiger partial charge on any atom is -0.389 e. The number of nitrogens with zero attached hydrogens (tertiary/aromatic N) is 1. The number of para-hydroxylation sites is 2. The number of aryl methyl sites for hydroxylation is 2. The van der Waals surface area contributed by atoms with Crippen molar-refractivity contribution in [1.29, 1.82) is 0 Å². The molecular formula is C19H22N2O2. The summed E-state index contributed by atoms with van der Waals surface area (Å²) in [5.74, 6) is 0. The number of hydrogen-bond donors (Lipinski definition) is 2. The number of aliphatic hydroxyl groups excluding tert-OH is 1. The average molecular weight is 310 g/mol. The van der Waals surface area contributed by atoms with Gasteiger partial charge in [0.25, 0.3) is 0 Å². The molecule has 1 fully saturated rings. The maximum atomic E-state index is 10.7. The number of ether oxygens (including phenoxy) is 1. The molecule has 2 heterocycles. The van der Waals surface area contributed by atoms with Gasteiger partial charge in [0.15, 0.2) is 0 Å². The molecule has 0 radical (unpaired) electrons. The Morgan fingerprint density at radius 2 is 1.48 bits per heavy atom. The lowest BCUT2D eigenvalue weighted by molar-refractivity contribution is -0.0193. The number of rotatable bonds is 1. The molecule has 3 unspecified atom stereocenters. The normalized spacial score (nSPS) is 27.0. The zero-order chi connectivity index (χ0) is 15.8. The molecule has 4 heteroatoms. The van der Waals surface area contributed by atoms with E-state index in [1.165, 1.54) is 11.1 Å². The summed E-state index contributed by atoms with van der Waals surface area (Å²) in [6, 6.07) is 16.3. The molecule has 120 valence electrons. The first-order chi connectivity index (χ1) is 11.3. The fourth-order valence-electron chi connectivity index (χ4n) is 3.71. The highest BCUT2D eigenvalue weighted by Gasteiger charge is 2.37. The molecule has 0 aliphatic carbocycles. The third-order valence-electron chi connectivity index (χ3n) is 4.93. The second-order valence-electron chi connectivity index (χ2n) is 6.39. The summed E-state index contributed by atoms with van der Waals surface area (Å²) >= 11 is 0. The summed E-state index contributed by atoms with van der Waals surface area (Å²) in [6.45, 7) is 0.895. The van der Waals surface area contributed by atoms with Crippen molar-refractivity contribution in [2.45, 2.75) is 31.0 Å². The maximum absolute atomic E-state index is 10.7. The van der Waals surface area contributed by atoms with Gasteiger partial charge in [0.2, 0.25) is 0 Å². The molecule has 3 atom stereocenters. The Labute approximate surface area is 136 Å².